The largest absolute Gasteiger partial charge is 0.364 e. The Labute approximate surface area is 147 Å². The SMILES string of the molecule is CN=C(NCCc1c(C)noc1C)N1CCN(Cc2ccon2)CC1. The van der Waals surface area contributed by atoms with Gasteiger partial charge in [0.1, 0.15) is 12.0 Å². The highest BCUT2D eigenvalue weighted by Crippen LogP contribution is 2.12. The summed E-state index contributed by atoms with van der Waals surface area (Å²) in [5.41, 5.74) is 3.13. The van der Waals surface area contributed by atoms with Crippen molar-refractivity contribution >= 4 is 5.96 Å². The van der Waals surface area contributed by atoms with Gasteiger partial charge in [-0.1, -0.05) is 10.3 Å². The van der Waals surface area contributed by atoms with Crippen LogP contribution in [0, 0.1) is 13.8 Å². The zero-order valence-corrected chi connectivity index (χ0v) is 15.2. The van der Waals surface area contributed by atoms with Crippen molar-refractivity contribution in [1.82, 2.24) is 25.4 Å². The van der Waals surface area contributed by atoms with Gasteiger partial charge in [-0.25, -0.2) is 0 Å². The van der Waals surface area contributed by atoms with Crippen LogP contribution in [0.5, 0.6) is 0 Å². The van der Waals surface area contributed by atoms with E-state index in [0.717, 1.165) is 68.8 Å². The molecular formula is C17H26N6O2. The van der Waals surface area contributed by atoms with Gasteiger partial charge in [0, 0.05) is 57.9 Å². The highest BCUT2D eigenvalue weighted by molar-refractivity contribution is 5.80. The van der Waals surface area contributed by atoms with Crippen molar-refractivity contribution in [2.24, 2.45) is 4.99 Å². The monoisotopic (exact) mass is 346 g/mol. The maximum absolute atomic E-state index is 5.21. The van der Waals surface area contributed by atoms with Crippen molar-refractivity contribution in [3.63, 3.8) is 0 Å². The molecule has 0 saturated carbocycles. The van der Waals surface area contributed by atoms with Crippen LogP contribution in [0.25, 0.3) is 0 Å². The number of aryl methyl sites for hydroxylation is 2. The van der Waals surface area contributed by atoms with E-state index in [9.17, 15) is 0 Å². The third-order valence-electron chi connectivity index (χ3n) is 4.60. The fraction of sp³-hybridized carbons (Fsp3) is 0.588. The molecular weight excluding hydrogens is 320 g/mol. The molecule has 0 spiro atoms. The third-order valence-corrected chi connectivity index (χ3v) is 4.60. The average molecular weight is 346 g/mol. The van der Waals surface area contributed by atoms with E-state index in [2.05, 4.69) is 30.4 Å². The first kappa shape index (κ1) is 17.5. The fourth-order valence-electron chi connectivity index (χ4n) is 3.16. The number of piperazine rings is 1. The van der Waals surface area contributed by atoms with Crippen molar-refractivity contribution in [3.05, 3.63) is 35.0 Å². The summed E-state index contributed by atoms with van der Waals surface area (Å²) in [5, 5.41) is 11.4. The van der Waals surface area contributed by atoms with Gasteiger partial charge in [-0.15, -0.1) is 0 Å². The molecule has 1 saturated heterocycles. The molecule has 0 bridgehead atoms. The lowest BCUT2D eigenvalue weighted by Crippen LogP contribution is -2.52. The lowest BCUT2D eigenvalue weighted by atomic mass is 10.1. The minimum atomic E-state index is 0.814. The van der Waals surface area contributed by atoms with Gasteiger partial charge in [-0.2, -0.15) is 0 Å². The molecule has 8 nitrogen and oxygen atoms in total. The van der Waals surface area contributed by atoms with Gasteiger partial charge in [0.15, 0.2) is 5.96 Å². The minimum Gasteiger partial charge on any atom is -0.364 e. The van der Waals surface area contributed by atoms with Crippen LogP contribution < -0.4 is 5.32 Å². The van der Waals surface area contributed by atoms with Gasteiger partial charge >= 0.3 is 0 Å². The summed E-state index contributed by atoms with van der Waals surface area (Å²) < 4.78 is 10.1. The number of aromatic nitrogens is 2. The summed E-state index contributed by atoms with van der Waals surface area (Å²) in [4.78, 5) is 9.10. The Hall–Kier alpha value is -2.35. The highest BCUT2D eigenvalue weighted by Gasteiger charge is 2.20. The van der Waals surface area contributed by atoms with Gasteiger partial charge in [0.25, 0.3) is 0 Å². The van der Waals surface area contributed by atoms with E-state index in [-0.39, 0.29) is 0 Å². The zero-order valence-electron chi connectivity index (χ0n) is 15.2. The van der Waals surface area contributed by atoms with Crippen molar-refractivity contribution in [3.8, 4) is 0 Å². The van der Waals surface area contributed by atoms with E-state index in [1.165, 1.54) is 5.56 Å². The molecule has 3 heterocycles. The van der Waals surface area contributed by atoms with Crippen LogP contribution in [-0.4, -0.2) is 65.8 Å². The second-order valence-corrected chi connectivity index (χ2v) is 6.28. The van der Waals surface area contributed by atoms with Crippen LogP contribution in [0.3, 0.4) is 0 Å². The molecule has 1 aliphatic rings. The molecule has 2 aromatic rings. The van der Waals surface area contributed by atoms with Crippen LogP contribution >= 0.6 is 0 Å². The number of rotatable bonds is 5. The van der Waals surface area contributed by atoms with Gasteiger partial charge in [-0.3, -0.25) is 9.89 Å². The van der Waals surface area contributed by atoms with E-state index in [1.54, 1.807) is 6.26 Å². The van der Waals surface area contributed by atoms with E-state index < -0.39 is 0 Å². The molecule has 3 rings (SSSR count). The average Bonchev–Trinajstić information content (AvgIpc) is 3.24. The van der Waals surface area contributed by atoms with Crippen molar-refractivity contribution in [1.29, 1.82) is 0 Å². The molecule has 0 radical (unpaired) electrons. The topological polar surface area (TPSA) is 82.9 Å². The minimum absolute atomic E-state index is 0.814. The molecule has 0 amide bonds. The maximum atomic E-state index is 5.21. The van der Waals surface area contributed by atoms with Crippen molar-refractivity contribution in [2.75, 3.05) is 39.8 Å². The Balaban J connectivity index is 1.44. The number of aliphatic imine (C=N–C) groups is 1. The van der Waals surface area contributed by atoms with Gasteiger partial charge < -0.3 is 19.3 Å². The number of hydrogen-bond acceptors (Lipinski definition) is 6. The van der Waals surface area contributed by atoms with E-state index in [4.69, 9.17) is 9.05 Å². The molecule has 1 fully saturated rings. The summed E-state index contributed by atoms with van der Waals surface area (Å²) in [6, 6.07) is 1.92. The standard InChI is InChI=1S/C17H26N6O2/c1-13-16(14(2)25-20-13)4-6-19-17(18-3)23-9-7-22(8-10-23)12-15-5-11-24-21-15/h5,11H,4,6-10,12H2,1-3H3,(H,18,19). The molecule has 25 heavy (non-hydrogen) atoms. The number of nitrogens with zero attached hydrogens (tertiary/aromatic N) is 5. The Morgan fingerprint density at radius 1 is 1.24 bits per heavy atom. The molecule has 0 aromatic carbocycles. The van der Waals surface area contributed by atoms with E-state index in [1.807, 2.05) is 27.0 Å². The quantitative estimate of drug-likeness (QED) is 0.644. The third kappa shape index (κ3) is 4.39. The van der Waals surface area contributed by atoms with Crippen LogP contribution in [0.2, 0.25) is 0 Å². The first-order chi connectivity index (χ1) is 12.2. The summed E-state index contributed by atoms with van der Waals surface area (Å²) >= 11 is 0. The molecule has 1 aliphatic heterocycles. The maximum Gasteiger partial charge on any atom is 0.193 e. The lowest BCUT2D eigenvalue weighted by Gasteiger charge is -2.36. The molecule has 8 heteroatoms. The normalized spacial score (nSPS) is 16.4. The summed E-state index contributed by atoms with van der Waals surface area (Å²) in [6.45, 7) is 9.45. The second kappa shape index (κ2) is 8.15. The van der Waals surface area contributed by atoms with Crippen LogP contribution in [0.15, 0.2) is 26.4 Å². The number of guanidine groups is 1. The Morgan fingerprint density at radius 3 is 2.64 bits per heavy atom. The summed E-state index contributed by atoms with van der Waals surface area (Å²) in [6.07, 6.45) is 2.50. The fourth-order valence-corrected chi connectivity index (χ4v) is 3.16. The first-order valence-corrected chi connectivity index (χ1v) is 8.66. The Bertz CT molecular complexity index is 667. The molecule has 2 aromatic heterocycles. The smallest absolute Gasteiger partial charge is 0.193 e. The van der Waals surface area contributed by atoms with E-state index in [0.29, 0.717) is 0 Å². The summed E-state index contributed by atoms with van der Waals surface area (Å²) in [7, 11) is 1.83. The lowest BCUT2D eigenvalue weighted by molar-refractivity contribution is 0.169. The van der Waals surface area contributed by atoms with Crippen LogP contribution in [-0.2, 0) is 13.0 Å². The number of hydrogen-bond donors (Lipinski definition) is 1. The van der Waals surface area contributed by atoms with Crippen molar-refractivity contribution < 1.29 is 9.05 Å². The molecule has 0 aliphatic carbocycles. The van der Waals surface area contributed by atoms with Gasteiger partial charge in [-0.05, 0) is 20.3 Å². The Morgan fingerprint density at radius 2 is 2.04 bits per heavy atom. The van der Waals surface area contributed by atoms with Gasteiger partial charge in [0.05, 0.1) is 11.4 Å². The molecule has 1 N–H and O–H groups in total. The molecule has 136 valence electrons. The first-order valence-electron chi connectivity index (χ1n) is 8.66. The van der Waals surface area contributed by atoms with Crippen LogP contribution in [0.1, 0.15) is 22.7 Å². The predicted octanol–water partition coefficient (Wildman–Crippen LogP) is 1.22. The predicted molar refractivity (Wildman–Crippen MR) is 94.4 cm³/mol. The highest BCUT2D eigenvalue weighted by atomic mass is 16.5. The van der Waals surface area contributed by atoms with Crippen molar-refractivity contribution in [2.45, 2.75) is 26.8 Å². The summed E-state index contributed by atoms with van der Waals surface area (Å²) in [5.74, 6) is 1.85. The second-order valence-electron chi connectivity index (χ2n) is 6.28. The Kier molecular flexibility index (Phi) is 5.70. The zero-order chi connectivity index (χ0) is 17.6. The van der Waals surface area contributed by atoms with Gasteiger partial charge in [0.2, 0.25) is 0 Å². The van der Waals surface area contributed by atoms with Crippen LogP contribution in [0.4, 0.5) is 0 Å². The van der Waals surface area contributed by atoms with E-state index >= 15 is 0 Å². The molecule has 0 atom stereocenters. The molecule has 0 unspecified atom stereocenters. The number of nitrogens with one attached hydrogen (secondary N) is 1.